The van der Waals surface area contributed by atoms with Crippen molar-refractivity contribution in [2.24, 2.45) is 0 Å². The van der Waals surface area contributed by atoms with Crippen LogP contribution >= 0.6 is 0 Å². The van der Waals surface area contributed by atoms with E-state index in [-0.39, 0.29) is 5.57 Å². The molecule has 0 heterocycles. The molecular weight excluding hydrogens is 331 g/mol. The Morgan fingerprint density at radius 1 is 1.67 bits per heavy atom. The number of esters is 1. The third-order valence-corrected chi connectivity index (χ3v) is 1.79. The van der Waals surface area contributed by atoms with Gasteiger partial charge in [0.2, 0.25) is 0 Å². The molecule has 0 fully saturated rings. The summed E-state index contributed by atoms with van der Waals surface area (Å²) in [6.07, 6.45) is 1.08. The molecule has 0 N–H and O–H groups in total. The number of hydrogen-bond acceptors (Lipinski definition) is 2. The van der Waals surface area contributed by atoms with E-state index in [9.17, 15) is 9.18 Å². The molecule has 0 saturated heterocycles. The number of halogens is 1. The third kappa shape index (κ3) is 3.72. The summed E-state index contributed by atoms with van der Waals surface area (Å²) in [6.45, 7) is 5.00. The summed E-state index contributed by atoms with van der Waals surface area (Å²) in [4.78, 5) is 10.7. The van der Waals surface area contributed by atoms with Crippen LogP contribution in [0.3, 0.4) is 0 Å². The molecule has 0 aliphatic heterocycles. The zero-order valence-corrected chi connectivity index (χ0v) is 9.82. The number of rotatable bonds is 3. The summed E-state index contributed by atoms with van der Waals surface area (Å²) >= 11 is 1.02. The molecule has 66 valence electrons. The van der Waals surface area contributed by atoms with E-state index in [1.165, 1.54) is 7.11 Å². The second-order valence-corrected chi connectivity index (χ2v) is 4.27. The first kappa shape index (κ1) is 11.4. The maximum absolute atomic E-state index is 12.8. The Balaban J connectivity index is 4.44. The van der Waals surface area contributed by atoms with Gasteiger partial charge < -0.3 is 0 Å². The van der Waals surface area contributed by atoms with Crippen LogP contribution in [0.1, 0.15) is 6.92 Å². The molecule has 0 amide bonds. The average Bonchev–Trinajstić information content (AvgIpc) is 2.02. The molecule has 0 radical (unpaired) electrons. The van der Waals surface area contributed by atoms with Gasteiger partial charge in [0.25, 0.3) is 0 Å². The van der Waals surface area contributed by atoms with Gasteiger partial charge in [0, 0.05) is 0 Å². The van der Waals surface area contributed by atoms with Crippen LogP contribution in [-0.4, -0.2) is 17.0 Å². The fourth-order valence-corrected chi connectivity index (χ4v) is 0.656. The van der Waals surface area contributed by atoms with Crippen molar-refractivity contribution in [3.8, 4) is 0 Å². The van der Waals surface area contributed by atoms with Crippen LogP contribution in [0.2, 0.25) is 0 Å². The van der Waals surface area contributed by atoms with E-state index < -0.39 is 11.8 Å². The Morgan fingerprint density at radius 2 is 2.17 bits per heavy atom. The first-order valence-corrected chi connectivity index (χ1v) is 4.61. The van der Waals surface area contributed by atoms with Gasteiger partial charge >= 0.3 is 81.2 Å². The predicted octanol–water partition coefficient (Wildman–Crippen LogP) is 1.31. The Kier molecular flexibility index (Phi) is 4.91. The zero-order chi connectivity index (χ0) is 9.72. The molecule has 0 aromatic heterocycles. The molecule has 0 aromatic rings. The predicted molar refractivity (Wildman–Crippen MR) is 41.0 cm³/mol. The fraction of sp³-hybridized carbons (Fsp3) is 0.250. The SMILES string of the molecule is C=C(/C=C(/F)[C](C)=[W])C(=O)OC. The van der Waals surface area contributed by atoms with Gasteiger partial charge in [-0.05, 0) is 0 Å². The van der Waals surface area contributed by atoms with Gasteiger partial charge in [-0.1, -0.05) is 0 Å². The summed E-state index contributed by atoms with van der Waals surface area (Å²) < 4.78 is 17.8. The van der Waals surface area contributed by atoms with Crippen molar-refractivity contribution in [3.05, 3.63) is 24.1 Å². The zero-order valence-electron chi connectivity index (χ0n) is 6.89. The molecule has 12 heavy (non-hydrogen) atoms. The second kappa shape index (κ2) is 5.15. The Labute approximate surface area is 81.5 Å². The standard InChI is InChI=1S/C8H9FO2.W/c1-4-7(9)5-6(2)8(10)11-3;/h5H,2H2,1,3H3;/b7-5+;. The Morgan fingerprint density at radius 3 is 2.50 bits per heavy atom. The topological polar surface area (TPSA) is 26.3 Å². The molecule has 0 aliphatic rings. The van der Waals surface area contributed by atoms with E-state index in [0.29, 0.717) is 3.90 Å². The van der Waals surface area contributed by atoms with Crippen molar-refractivity contribution in [1.29, 1.82) is 0 Å². The van der Waals surface area contributed by atoms with E-state index in [2.05, 4.69) is 11.3 Å². The molecule has 0 spiro atoms. The molecule has 0 aromatic carbocycles. The second-order valence-electron chi connectivity index (χ2n) is 2.07. The minimum atomic E-state index is -0.610. The van der Waals surface area contributed by atoms with Crippen LogP contribution in [0.15, 0.2) is 24.1 Å². The maximum atomic E-state index is 12.8. The summed E-state index contributed by atoms with van der Waals surface area (Å²) in [7, 11) is 1.23. The average molecular weight is 340 g/mol. The van der Waals surface area contributed by atoms with Crippen LogP contribution in [0.25, 0.3) is 0 Å². The van der Waals surface area contributed by atoms with Gasteiger partial charge in [-0.15, -0.1) is 0 Å². The normalized spacial score (nSPS) is 10.8. The number of methoxy groups -OCH3 is 1. The molecule has 0 rings (SSSR count). The van der Waals surface area contributed by atoms with E-state index >= 15 is 0 Å². The van der Waals surface area contributed by atoms with Crippen LogP contribution in [-0.2, 0) is 28.9 Å². The molecule has 0 unspecified atom stereocenters. The van der Waals surface area contributed by atoms with Crippen molar-refractivity contribution < 1.29 is 33.3 Å². The third-order valence-electron chi connectivity index (χ3n) is 1.08. The first-order chi connectivity index (χ1) is 5.49. The minimum absolute atomic E-state index is 0.0237. The molecule has 2 nitrogen and oxygen atoms in total. The van der Waals surface area contributed by atoms with Crippen LogP contribution in [0.4, 0.5) is 4.39 Å². The van der Waals surface area contributed by atoms with Crippen LogP contribution in [0.5, 0.6) is 0 Å². The number of ether oxygens (including phenoxy) is 1. The first-order valence-electron chi connectivity index (χ1n) is 3.14. The van der Waals surface area contributed by atoms with Crippen molar-refractivity contribution in [2.45, 2.75) is 6.92 Å². The number of carbonyl (C=O) groups excluding carboxylic acids is 1. The van der Waals surface area contributed by atoms with Crippen molar-refractivity contribution in [2.75, 3.05) is 7.11 Å². The van der Waals surface area contributed by atoms with Gasteiger partial charge in [-0.25, -0.2) is 0 Å². The van der Waals surface area contributed by atoms with Crippen molar-refractivity contribution in [3.63, 3.8) is 0 Å². The molecule has 0 aliphatic carbocycles. The fourth-order valence-electron chi connectivity index (χ4n) is 0.445. The number of allylic oxidation sites excluding steroid dienone is 1. The van der Waals surface area contributed by atoms with E-state index in [0.717, 1.165) is 25.4 Å². The molecular formula is C8H9FO2W. The molecule has 0 bridgehead atoms. The number of carbonyl (C=O) groups is 1. The molecule has 0 saturated carbocycles. The van der Waals surface area contributed by atoms with Gasteiger partial charge in [-0.3, -0.25) is 0 Å². The van der Waals surface area contributed by atoms with Gasteiger partial charge in [0.1, 0.15) is 0 Å². The van der Waals surface area contributed by atoms with Crippen molar-refractivity contribution >= 4 is 9.87 Å². The summed E-state index contributed by atoms with van der Waals surface area (Å²) in [5.41, 5.74) is 0.0237. The van der Waals surface area contributed by atoms with Crippen LogP contribution < -0.4 is 0 Å². The monoisotopic (exact) mass is 340 g/mol. The van der Waals surface area contributed by atoms with E-state index in [1.807, 2.05) is 0 Å². The molecule has 4 heteroatoms. The van der Waals surface area contributed by atoms with Crippen LogP contribution in [0, 0.1) is 0 Å². The van der Waals surface area contributed by atoms with Gasteiger partial charge in [-0.2, -0.15) is 0 Å². The summed E-state index contributed by atoms with van der Waals surface area (Å²) in [6, 6.07) is 0. The summed E-state index contributed by atoms with van der Waals surface area (Å²) in [5.74, 6) is -1.03. The Hall–Kier alpha value is -0.562. The molecule has 0 atom stereocenters. The van der Waals surface area contributed by atoms with Gasteiger partial charge in [0.15, 0.2) is 0 Å². The quantitative estimate of drug-likeness (QED) is 0.440. The van der Waals surface area contributed by atoms with Gasteiger partial charge in [0.05, 0.1) is 0 Å². The van der Waals surface area contributed by atoms with E-state index in [1.54, 1.807) is 6.92 Å². The Bertz CT molecular complexity index is 256. The number of hydrogen-bond donors (Lipinski definition) is 0. The van der Waals surface area contributed by atoms with E-state index in [4.69, 9.17) is 0 Å². The summed E-state index contributed by atoms with van der Waals surface area (Å²) in [5, 5.41) is 0. The van der Waals surface area contributed by atoms with Crippen molar-refractivity contribution in [1.82, 2.24) is 0 Å².